The fraction of sp³-hybridized carbons (Fsp3) is 0.889. The lowest BCUT2D eigenvalue weighted by Gasteiger charge is -2.18. The first-order valence-corrected chi connectivity index (χ1v) is 4.88. The van der Waals surface area contributed by atoms with Gasteiger partial charge < -0.3 is 16.4 Å². The predicted octanol–water partition coefficient (Wildman–Crippen LogP) is -0.552. The van der Waals surface area contributed by atoms with Crippen molar-refractivity contribution < 1.29 is 4.79 Å². The van der Waals surface area contributed by atoms with Crippen molar-refractivity contribution in [1.29, 1.82) is 0 Å². The molecule has 1 rings (SSSR count). The molecule has 1 fully saturated rings. The Balaban J connectivity index is 2.31. The minimum absolute atomic E-state index is 0.0244. The van der Waals surface area contributed by atoms with Crippen molar-refractivity contribution in [1.82, 2.24) is 10.6 Å². The van der Waals surface area contributed by atoms with Crippen LogP contribution in [-0.2, 0) is 4.79 Å². The van der Waals surface area contributed by atoms with Crippen LogP contribution in [0.3, 0.4) is 0 Å². The van der Waals surface area contributed by atoms with Crippen LogP contribution in [-0.4, -0.2) is 31.1 Å². The smallest absolute Gasteiger partial charge is 0.237 e. The molecule has 2 atom stereocenters. The van der Waals surface area contributed by atoms with E-state index in [1.165, 1.54) is 0 Å². The molecule has 4 nitrogen and oxygen atoms in total. The van der Waals surface area contributed by atoms with E-state index in [0.717, 1.165) is 19.5 Å². The molecule has 4 heteroatoms. The van der Waals surface area contributed by atoms with Crippen molar-refractivity contribution in [2.24, 2.45) is 11.7 Å². The summed E-state index contributed by atoms with van der Waals surface area (Å²) >= 11 is 0. The summed E-state index contributed by atoms with van der Waals surface area (Å²) in [4.78, 5) is 11.5. The summed E-state index contributed by atoms with van der Waals surface area (Å²) in [6, 6.07) is -0.0992. The molecule has 0 spiro atoms. The Bertz CT molecular complexity index is 176. The minimum Gasteiger partial charge on any atom is -0.351 e. The number of hydrogen-bond donors (Lipinski definition) is 3. The molecule has 0 saturated carbocycles. The van der Waals surface area contributed by atoms with Gasteiger partial charge in [-0.2, -0.15) is 0 Å². The molecule has 76 valence electrons. The Kier molecular flexibility index (Phi) is 3.69. The first kappa shape index (κ1) is 10.5. The molecule has 1 amide bonds. The van der Waals surface area contributed by atoms with Crippen LogP contribution < -0.4 is 16.4 Å². The first-order valence-electron chi connectivity index (χ1n) is 4.88. The molecule has 1 heterocycles. The van der Waals surface area contributed by atoms with E-state index in [4.69, 9.17) is 5.73 Å². The van der Waals surface area contributed by atoms with Gasteiger partial charge in [0.1, 0.15) is 0 Å². The van der Waals surface area contributed by atoms with E-state index in [0.29, 0.717) is 0 Å². The second-order valence-corrected chi connectivity index (χ2v) is 3.97. The van der Waals surface area contributed by atoms with E-state index in [1.54, 1.807) is 0 Å². The van der Waals surface area contributed by atoms with E-state index >= 15 is 0 Å². The average molecular weight is 185 g/mol. The molecule has 0 radical (unpaired) electrons. The van der Waals surface area contributed by atoms with Gasteiger partial charge in [-0.3, -0.25) is 4.79 Å². The molecule has 0 aromatic carbocycles. The van der Waals surface area contributed by atoms with Crippen molar-refractivity contribution in [2.75, 3.05) is 13.1 Å². The Morgan fingerprint density at radius 1 is 1.62 bits per heavy atom. The molecule has 0 aromatic rings. The van der Waals surface area contributed by atoms with Crippen LogP contribution in [0, 0.1) is 5.92 Å². The van der Waals surface area contributed by atoms with Gasteiger partial charge in [-0.15, -0.1) is 0 Å². The third-order valence-corrected chi connectivity index (χ3v) is 2.43. The van der Waals surface area contributed by atoms with E-state index in [2.05, 4.69) is 10.6 Å². The maximum absolute atomic E-state index is 11.5. The average Bonchev–Trinajstić information content (AvgIpc) is 2.55. The summed E-state index contributed by atoms with van der Waals surface area (Å²) in [7, 11) is 0. The third-order valence-electron chi connectivity index (χ3n) is 2.43. The van der Waals surface area contributed by atoms with Crippen LogP contribution in [0.2, 0.25) is 0 Å². The quantitative estimate of drug-likeness (QED) is 0.552. The highest BCUT2D eigenvalue weighted by Crippen LogP contribution is 2.01. The summed E-state index contributed by atoms with van der Waals surface area (Å²) in [5, 5.41) is 6.12. The number of carbonyl (C=O) groups excluding carboxylic acids is 1. The molecule has 4 N–H and O–H groups in total. The van der Waals surface area contributed by atoms with Gasteiger partial charge in [0.25, 0.3) is 0 Å². The van der Waals surface area contributed by atoms with Gasteiger partial charge in [0.2, 0.25) is 5.91 Å². The summed E-state index contributed by atoms with van der Waals surface area (Å²) in [5.74, 6) is 0.179. The monoisotopic (exact) mass is 185 g/mol. The van der Waals surface area contributed by atoms with Crippen LogP contribution in [0.4, 0.5) is 0 Å². The van der Waals surface area contributed by atoms with E-state index in [1.807, 2.05) is 13.8 Å². The number of nitrogens with one attached hydrogen (secondary N) is 2. The highest BCUT2D eigenvalue weighted by atomic mass is 16.2. The van der Waals surface area contributed by atoms with E-state index in [9.17, 15) is 4.79 Å². The lowest BCUT2D eigenvalue weighted by molar-refractivity contribution is -0.123. The normalized spacial score (nSPS) is 24.8. The topological polar surface area (TPSA) is 67.2 Å². The van der Waals surface area contributed by atoms with Crippen LogP contribution in [0.25, 0.3) is 0 Å². The SMILES string of the molecule is CC(C)C(N)C(=O)NC1CCNC1. The fourth-order valence-electron chi connectivity index (χ4n) is 1.38. The number of carbonyl (C=O) groups is 1. The fourth-order valence-corrected chi connectivity index (χ4v) is 1.38. The van der Waals surface area contributed by atoms with Crippen molar-refractivity contribution in [3.05, 3.63) is 0 Å². The van der Waals surface area contributed by atoms with Crippen molar-refractivity contribution in [3.8, 4) is 0 Å². The summed E-state index contributed by atoms with van der Waals surface area (Å²) in [6.45, 7) is 5.77. The van der Waals surface area contributed by atoms with E-state index < -0.39 is 0 Å². The molecule has 1 saturated heterocycles. The molecule has 0 bridgehead atoms. The molecular formula is C9H19N3O. The van der Waals surface area contributed by atoms with Crippen molar-refractivity contribution in [2.45, 2.75) is 32.4 Å². The largest absolute Gasteiger partial charge is 0.351 e. The number of hydrogen-bond acceptors (Lipinski definition) is 3. The predicted molar refractivity (Wildman–Crippen MR) is 52.2 cm³/mol. The molecule has 1 aliphatic rings. The number of rotatable bonds is 3. The van der Waals surface area contributed by atoms with Gasteiger partial charge >= 0.3 is 0 Å². The van der Waals surface area contributed by atoms with Crippen LogP contribution >= 0.6 is 0 Å². The lowest BCUT2D eigenvalue weighted by Crippen LogP contribution is -2.48. The van der Waals surface area contributed by atoms with Crippen molar-refractivity contribution >= 4 is 5.91 Å². The van der Waals surface area contributed by atoms with Crippen LogP contribution in [0.1, 0.15) is 20.3 Å². The Morgan fingerprint density at radius 2 is 2.31 bits per heavy atom. The molecule has 0 aromatic heterocycles. The lowest BCUT2D eigenvalue weighted by atomic mass is 10.0. The first-order chi connectivity index (χ1) is 6.11. The van der Waals surface area contributed by atoms with E-state index in [-0.39, 0.29) is 23.9 Å². The highest BCUT2D eigenvalue weighted by molar-refractivity contribution is 5.82. The molecular weight excluding hydrogens is 166 g/mol. The zero-order valence-corrected chi connectivity index (χ0v) is 8.34. The highest BCUT2D eigenvalue weighted by Gasteiger charge is 2.22. The zero-order chi connectivity index (χ0) is 9.84. The van der Waals surface area contributed by atoms with Crippen molar-refractivity contribution in [3.63, 3.8) is 0 Å². The minimum atomic E-state index is -0.374. The molecule has 1 aliphatic heterocycles. The van der Waals surface area contributed by atoms with Crippen LogP contribution in [0.15, 0.2) is 0 Å². The van der Waals surface area contributed by atoms with Gasteiger partial charge in [-0.05, 0) is 18.9 Å². The molecule has 2 unspecified atom stereocenters. The molecule has 13 heavy (non-hydrogen) atoms. The standard InChI is InChI=1S/C9H19N3O/c1-6(2)8(10)9(13)12-7-3-4-11-5-7/h6-8,11H,3-5,10H2,1-2H3,(H,12,13). The van der Waals surface area contributed by atoms with Gasteiger partial charge in [0.05, 0.1) is 6.04 Å². The zero-order valence-electron chi connectivity index (χ0n) is 8.34. The number of nitrogens with two attached hydrogens (primary N) is 1. The third kappa shape index (κ3) is 2.97. The van der Waals surface area contributed by atoms with Gasteiger partial charge in [-0.1, -0.05) is 13.8 Å². The second-order valence-electron chi connectivity index (χ2n) is 3.97. The maximum atomic E-state index is 11.5. The van der Waals surface area contributed by atoms with Gasteiger partial charge in [0.15, 0.2) is 0 Å². The summed E-state index contributed by atoms with van der Waals surface area (Å²) < 4.78 is 0. The Hall–Kier alpha value is -0.610. The molecule has 0 aliphatic carbocycles. The van der Waals surface area contributed by atoms with Gasteiger partial charge in [-0.25, -0.2) is 0 Å². The summed E-state index contributed by atoms with van der Waals surface area (Å²) in [6.07, 6.45) is 1.01. The van der Waals surface area contributed by atoms with Gasteiger partial charge in [0, 0.05) is 12.6 Å². The summed E-state index contributed by atoms with van der Waals surface area (Å²) in [5.41, 5.74) is 5.71. The number of amides is 1. The Labute approximate surface area is 79.3 Å². The Morgan fingerprint density at radius 3 is 2.77 bits per heavy atom. The second kappa shape index (κ2) is 4.58. The maximum Gasteiger partial charge on any atom is 0.237 e. The van der Waals surface area contributed by atoms with Crippen LogP contribution in [0.5, 0.6) is 0 Å².